The lowest BCUT2D eigenvalue weighted by molar-refractivity contribution is -0.326. The highest BCUT2D eigenvalue weighted by atomic mass is 19.4. The van der Waals surface area contributed by atoms with Crippen LogP contribution in [0.2, 0.25) is 0 Å². The summed E-state index contributed by atoms with van der Waals surface area (Å²) >= 11 is 0. The van der Waals surface area contributed by atoms with Crippen LogP contribution in [-0.2, 0) is 9.53 Å². The van der Waals surface area contributed by atoms with Crippen molar-refractivity contribution in [2.45, 2.75) is 52.1 Å². The van der Waals surface area contributed by atoms with Crippen molar-refractivity contribution < 1.29 is 45.7 Å². The second-order valence-electron chi connectivity index (χ2n) is 7.08. The fourth-order valence-electron chi connectivity index (χ4n) is 2.06. The van der Waals surface area contributed by atoms with Gasteiger partial charge in [0.2, 0.25) is 5.91 Å². The van der Waals surface area contributed by atoms with Crippen LogP contribution in [-0.4, -0.2) is 36.4 Å². The van der Waals surface area contributed by atoms with E-state index in [0.717, 1.165) is 18.2 Å². The monoisotopic (exact) mass is 417 g/mol. The van der Waals surface area contributed by atoms with E-state index in [2.05, 4.69) is 14.8 Å². The molecule has 0 aliphatic heterocycles. The van der Waals surface area contributed by atoms with Gasteiger partial charge in [-0.05, 0) is 23.1 Å². The molecule has 0 bridgehead atoms. The van der Waals surface area contributed by atoms with Gasteiger partial charge in [0.05, 0.1) is 25.2 Å². The molecule has 0 saturated heterocycles. The highest BCUT2D eigenvalue weighted by Gasteiger charge is 2.33. The quantitative estimate of drug-likeness (QED) is 0.657. The molecule has 0 fully saturated rings. The summed E-state index contributed by atoms with van der Waals surface area (Å²) in [4.78, 5) is 12.1. The molecule has 0 aliphatic carbocycles. The predicted molar refractivity (Wildman–Crippen MR) is 86.1 cm³/mol. The Balaban J connectivity index is 2.99. The van der Waals surface area contributed by atoms with Gasteiger partial charge in [0.1, 0.15) is 5.75 Å². The maximum atomic E-state index is 12.4. The van der Waals surface area contributed by atoms with Gasteiger partial charge in [-0.1, -0.05) is 32.9 Å². The summed E-state index contributed by atoms with van der Waals surface area (Å²) in [5.41, 5.74) is -0.750. The summed E-state index contributed by atoms with van der Waals surface area (Å²) in [7, 11) is 0. The Morgan fingerprint density at radius 3 is 2.21 bits per heavy atom. The lowest BCUT2D eigenvalue weighted by Gasteiger charge is -2.27. The molecule has 1 aromatic rings. The van der Waals surface area contributed by atoms with Crippen molar-refractivity contribution in [3.05, 3.63) is 29.8 Å². The van der Waals surface area contributed by atoms with Gasteiger partial charge in [-0.15, -0.1) is 26.3 Å². The summed E-state index contributed by atoms with van der Waals surface area (Å²) in [6.45, 7) is 3.91. The molecule has 0 aromatic heterocycles. The fourth-order valence-corrected chi connectivity index (χ4v) is 2.06. The molecular weight excluding hydrogens is 396 g/mol. The van der Waals surface area contributed by atoms with Crippen LogP contribution in [0.25, 0.3) is 0 Å². The number of aliphatic hydroxyl groups is 1. The van der Waals surface area contributed by atoms with E-state index in [1.807, 2.05) is 0 Å². The number of hydrogen-bond donors (Lipinski definition) is 2. The summed E-state index contributed by atoms with van der Waals surface area (Å²) in [6, 6.07) is 2.74. The van der Waals surface area contributed by atoms with Crippen molar-refractivity contribution in [3.8, 4) is 5.75 Å². The average molecular weight is 417 g/mol. The molecule has 1 amide bonds. The molecule has 1 aromatic carbocycles. The molecule has 0 aliphatic rings. The average Bonchev–Trinajstić information content (AvgIpc) is 2.48. The highest BCUT2D eigenvalue weighted by Crippen LogP contribution is 2.28. The summed E-state index contributed by atoms with van der Waals surface area (Å²) < 4.78 is 81.7. The zero-order valence-electron chi connectivity index (χ0n) is 15.3. The molecule has 2 N–H and O–H groups in total. The Morgan fingerprint density at radius 2 is 1.71 bits per heavy atom. The van der Waals surface area contributed by atoms with E-state index >= 15 is 0 Å². The van der Waals surface area contributed by atoms with Crippen molar-refractivity contribution in [2.75, 3.05) is 6.61 Å². The zero-order valence-corrected chi connectivity index (χ0v) is 15.3. The van der Waals surface area contributed by atoms with Crippen LogP contribution in [0.4, 0.5) is 26.3 Å². The van der Waals surface area contributed by atoms with Crippen molar-refractivity contribution in [1.82, 2.24) is 5.32 Å². The molecular formula is C17H21F6NO4. The van der Waals surface area contributed by atoms with E-state index in [1.165, 1.54) is 6.07 Å². The van der Waals surface area contributed by atoms with E-state index < -0.39 is 55.0 Å². The van der Waals surface area contributed by atoms with Gasteiger partial charge in [0, 0.05) is 0 Å². The normalized spacial score (nSPS) is 15.1. The standard InChI is InChI=1S/C17H21F6NO4/c1-15(2,3)13(25)8-14(26)24-12(9-27-16(18,19)20)10-5-4-6-11(7-10)28-17(21,22)23/h4-7,12-13,25H,8-9H2,1-3H3,(H,24,26). The van der Waals surface area contributed by atoms with Gasteiger partial charge in [0.25, 0.3) is 0 Å². The van der Waals surface area contributed by atoms with Crippen molar-refractivity contribution >= 4 is 5.91 Å². The maximum absolute atomic E-state index is 12.4. The van der Waals surface area contributed by atoms with Gasteiger partial charge >= 0.3 is 12.7 Å². The fraction of sp³-hybridized carbons (Fsp3) is 0.588. The molecule has 2 atom stereocenters. The first-order valence-electron chi connectivity index (χ1n) is 8.10. The predicted octanol–water partition coefficient (Wildman–Crippen LogP) is 4.08. The number of aliphatic hydroxyl groups excluding tert-OH is 1. The molecule has 0 heterocycles. The Kier molecular flexibility index (Phi) is 7.72. The number of carbonyl (C=O) groups is 1. The number of ether oxygens (including phenoxy) is 2. The van der Waals surface area contributed by atoms with Gasteiger partial charge < -0.3 is 15.2 Å². The number of rotatable bonds is 7. The molecule has 0 spiro atoms. The first-order valence-corrected chi connectivity index (χ1v) is 8.10. The molecule has 5 nitrogen and oxygen atoms in total. The molecule has 11 heteroatoms. The van der Waals surface area contributed by atoms with Crippen LogP contribution in [0.1, 0.15) is 38.8 Å². The molecule has 0 saturated carbocycles. The van der Waals surface area contributed by atoms with E-state index in [0.29, 0.717) is 0 Å². The number of halogens is 6. The topological polar surface area (TPSA) is 67.8 Å². The van der Waals surface area contributed by atoms with Crippen molar-refractivity contribution in [3.63, 3.8) is 0 Å². The molecule has 2 unspecified atom stereocenters. The van der Waals surface area contributed by atoms with Crippen LogP contribution in [0, 0.1) is 5.41 Å². The van der Waals surface area contributed by atoms with Gasteiger partial charge in [-0.25, -0.2) is 0 Å². The minimum absolute atomic E-state index is 0.0930. The molecule has 1 rings (SSSR count). The Morgan fingerprint density at radius 1 is 1.11 bits per heavy atom. The Hall–Kier alpha value is -2.01. The highest BCUT2D eigenvalue weighted by molar-refractivity contribution is 5.77. The first kappa shape index (κ1) is 24.0. The molecule has 160 valence electrons. The van der Waals surface area contributed by atoms with Crippen LogP contribution >= 0.6 is 0 Å². The van der Waals surface area contributed by atoms with Crippen LogP contribution < -0.4 is 10.1 Å². The zero-order chi connectivity index (χ0) is 21.8. The molecule has 0 radical (unpaired) electrons. The summed E-state index contributed by atoms with van der Waals surface area (Å²) in [5, 5.41) is 12.2. The van der Waals surface area contributed by atoms with Crippen molar-refractivity contribution in [2.24, 2.45) is 5.41 Å². The second kappa shape index (κ2) is 8.99. The largest absolute Gasteiger partial charge is 0.573 e. The summed E-state index contributed by atoms with van der Waals surface area (Å²) in [6.07, 6.45) is -11.5. The number of benzene rings is 1. The maximum Gasteiger partial charge on any atom is 0.573 e. The van der Waals surface area contributed by atoms with E-state index in [4.69, 9.17) is 0 Å². The molecule has 28 heavy (non-hydrogen) atoms. The van der Waals surface area contributed by atoms with Crippen LogP contribution in [0.15, 0.2) is 24.3 Å². The number of amides is 1. The Bertz CT molecular complexity index is 654. The van der Waals surface area contributed by atoms with E-state index in [9.17, 15) is 36.2 Å². The number of alkyl halides is 6. The number of nitrogens with one attached hydrogen (secondary N) is 1. The SMILES string of the molecule is CC(C)(C)C(O)CC(=O)NC(COC(F)(F)F)c1cccc(OC(F)(F)F)c1. The van der Waals surface area contributed by atoms with Crippen LogP contribution in [0.5, 0.6) is 5.75 Å². The van der Waals surface area contributed by atoms with Gasteiger partial charge in [0.15, 0.2) is 0 Å². The van der Waals surface area contributed by atoms with Gasteiger partial charge in [-0.2, -0.15) is 0 Å². The third kappa shape index (κ3) is 9.27. The first-order chi connectivity index (χ1) is 12.6. The smallest absolute Gasteiger partial charge is 0.406 e. The lowest BCUT2D eigenvalue weighted by atomic mass is 9.87. The lowest BCUT2D eigenvalue weighted by Crippen LogP contribution is -2.38. The van der Waals surface area contributed by atoms with E-state index in [1.54, 1.807) is 20.8 Å². The number of carbonyl (C=O) groups excluding carboxylic acids is 1. The minimum atomic E-state index is -5.01. The van der Waals surface area contributed by atoms with Gasteiger partial charge in [-0.3, -0.25) is 9.53 Å². The van der Waals surface area contributed by atoms with Crippen molar-refractivity contribution in [1.29, 1.82) is 0 Å². The summed E-state index contributed by atoms with van der Waals surface area (Å²) in [5.74, 6) is -1.45. The minimum Gasteiger partial charge on any atom is -0.406 e. The number of hydrogen-bond acceptors (Lipinski definition) is 4. The Labute approximate surface area is 157 Å². The third-order valence-electron chi connectivity index (χ3n) is 3.62. The van der Waals surface area contributed by atoms with Crippen LogP contribution in [0.3, 0.4) is 0 Å². The third-order valence-corrected chi connectivity index (χ3v) is 3.62. The van der Waals surface area contributed by atoms with E-state index in [-0.39, 0.29) is 5.56 Å². The second-order valence-corrected chi connectivity index (χ2v) is 7.08.